The van der Waals surface area contributed by atoms with Gasteiger partial charge in [-0.25, -0.2) is 8.42 Å². The highest BCUT2D eigenvalue weighted by Gasteiger charge is 2.51. The maximum absolute atomic E-state index is 12.1. The van der Waals surface area contributed by atoms with Crippen LogP contribution in [0.2, 0.25) is 0 Å². The minimum absolute atomic E-state index is 0.345. The second-order valence-corrected chi connectivity index (χ2v) is 11.1. The molecule has 1 aromatic rings. The van der Waals surface area contributed by atoms with Crippen LogP contribution < -0.4 is 5.32 Å². The van der Waals surface area contributed by atoms with Crippen LogP contribution >= 0.6 is 0 Å². The SMILES string of the molecule is C[C@@H](C(=O)Nc1ccc(C23CC4CC(CC(C4)C2)C3)cc1)S(C)(=O)=O. The third-order valence-corrected chi connectivity index (χ3v) is 8.31. The topological polar surface area (TPSA) is 63.2 Å². The number of anilines is 1. The van der Waals surface area contributed by atoms with Gasteiger partial charge >= 0.3 is 0 Å². The Balaban J connectivity index is 1.50. The fraction of sp³-hybridized carbons (Fsp3) is 0.650. The molecule has 25 heavy (non-hydrogen) atoms. The summed E-state index contributed by atoms with van der Waals surface area (Å²) < 4.78 is 23.0. The lowest BCUT2D eigenvalue weighted by molar-refractivity contribution is -0.115. The van der Waals surface area contributed by atoms with E-state index in [0.29, 0.717) is 11.1 Å². The summed E-state index contributed by atoms with van der Waals surface area (Å²) >= 11 is 0. The molecule has 0 spiro atoms. The van der Waals surface area contributed by atoms with E-state index < -0.39 is 21.0 Å². The highest BCUT2D eigenvalue weighted by molar-refractivity contribution is 7.92. The Kier molecular flexibility index (Phi) is 3.98. The zero-order valence-corrected chi connectivity index (χ0v) is 15.8. The first-order valence-electron chi connectivity index (χ1n) is 9.35. The highest BCUT2D eigenvalue weighted by Crippen LogP contribution is 2.60. The largest absolute Gasteiger partial charge is 0.325 e. The summed E-state index contributed by atoms with van der Waals surface area (Å²) in [5.41, 5.74) is 2.42. The van der Waals surface area contributed by atoms with Crippen LogP contribution in [0.25, 0.3) is 0 Å². The molecule has 1 aromatic carbocycles. The molecule has 0 aromatic heterocycles. The molecule has 4 bridgehead atoms. The Labute approximate surface area is 150 Å². The van der Waals surface area contributed by atoms with Gasteiger partial charge in [0.25, 0.3) is 0 Å². The zero-order valence-electron chi connectivity index (χ0n) is 15.0. The van der Waals surface area contributed by atoms with Crippen LogP contribution in [-0.4, -0.2) is 25.8 Å². The Morgan fingerprint density at radius 2 is 1.52 bits per heavy atom. The van der Waals surface area contributed by atoms with E-state index >= 15 is 0 Å². The van der Waals surface area contributed by atoms with Gasteiger partial charge < -0.3 is 5.32 Å². The van der Waals surface area contributed by atoms with Gasteiger partial charge in [0.2, 0.25) is 5.91 Å². The van der Waals surface area contributed by atoms with E-state index in [4.69, 9.17) is 0 Å². The molecule has 0 aliphatic heterocycles. The Morgan fingerprint density at radius 3 is 1.96 bits per heavy atom. The summed E-state index contributed by atoms with van der Waals surface area (Å²) in [5, 5.41) is 1.70. The normalized spacial score (nSPS) is 34.7. The van der Waals surface area contributed by atoms with Crippen molar-refractivity contribution in [2.75, 3.05) is 11.6 Å². The first kappa shape index (κ1) is 17.1. The standard InChI is InChI=1S/C20H27NO3S/c1-13(25(2,23)24)19(22)21-18-5-3-17(4-6-18)20-10-14-7-15(11-20)9-16(8-14)12-20/h3-6,13-16H,7-12H2,1-2H3,(H,21,22)/t13-,14?,15?,16?,20?/m0/s1. The molecule has 4 fully saturated rings. The van der Waals surface area contributed by atoms with Gasteiger partial charge in [-0.05, 0) is 86.3 Å². The lowest BCUT2D eigenvalue weighted by Gasteiger charge is -2.57. The van der Waals surface area contributed by atoms with Gasteiger partial charge in [-0.1, -0.05) is 12.1 Å². The molecular formula is C20H27NO3S. The molecule has 4 nitrogen and oxygen atoms in total. The predicted octanol–water partition coefficient (Wildman–Crippen LogP) is 3.53. The Bertz CT molecular complexity index is 746. The highest BCUT2D eigenvalue weighted by atomic mass is 32.2. The van der Waals surface area contributed by atoms with E-state index in [1.54, 1.807) is 0 Å². The molecule has 1 N–H and O–H groups in total. The van der Waals surface area contributed by atoms with Crippen molar-refractivity contribution in [1.29, 1.82) is 0 Å². The molecule has 5 rings (SSSR count). The summed E-state index contributed by atoms with van der Waals surface area (Å²) in [6.45, 7) is 1.43. The summed E-state index contributed by atoms with van der Waals surface area (Å²) in [7, 11) is -3.37. The van der Waals surface area contributed by atoms with Gasteiger partial charge in [0, 0.05) is 11.9 Å². The van der Waals surface area contributed by atoms with Gasteiger partial charge in [0.05, 0.1) is 0 Å². The zero-order chi connectivity index (χ0) is 17.8. The minimum Gasteiger partial charge on any atom is -0.325 e. The van der Waals surface area contributed by atoms with Crippen molar-refractivity contribution < 1.29 is 13.2 Å². The quantitative estimate of drug-likeness (QED) is 0.892. The predicted molar refractivity (Wildman–Crippen MR) is 99.2 cm³/mol. The third-order valence-electron chi connectivity index (χ3n) is 6.81. The van der Waals surface area contributed by atoms with Gasteiger partial charge in [0.15, 0.2) is 9.84 Å². The number of hydrogen-bond acceptors (Lipinski definition) is 3. The number of carbonyl (C=O) groups is 1. The molecule has 4 aliphatic rings. The van der Waals surface area contributed by atoms with Crippen LogP contribution in [0.4, 0.5) is 5.69 Å². The van der Waals surface area contributed by atoms with Crippen molar-refractivity contribution in [1.82, 2.24) is 0 Å². The van der Waals surface area contributed by atoms with Crippen LogP contribution in [0.3, 0.4) is 0 Å². The molecule has 0 unspecified atom stereocenters. The number of amides is 1. The smallest absolute Gasteiger partial charge is 0.242 e. The second-order valence-electron chi connectivity index (χ2n) is 8.74. The van der Waals surface area contributed by atoms with E-state index in [2.05, 4.69) is 17.4 Å². The van der Waals surface area contributed by atoms with Gasteiger partial charge in [-0.15, -0.1) is 0 Å². The minimum atomic E-state index is -3.37. The van der Waals surface area contributed by atoms with Crippen LogP contribution in [0.1, 0.15) is 51.0 Å². The molecule has 1 atom stereocenters. The monoisotopic (exact) mass is 361 g/mol. The maximum atomic E-state index is 12.1. The molecular weight excluding hydrogens is 334 g/mol. The lowest BCUT2D eigenvalue weighted by atomic mass is 9.48. The fourth-order valence-corrected chi connectivity index (χ4v) is 6.26. The van der Waals surface area contributed by atoms with Gasteiger partial charge in [0.1, 0.15) is 5.25 Å². The molecule has 5 heteroatoms. The number of carbonyl (C=O) groups excluding carboxylic acids is 1. The summed E-state index contributed by atoms with van der Waals surface area (Å²) in [6.07, 6.45) is 9.32. The Hall–Kier alpha value is -1.36. The molecule has 1 amide bonds. The molecule has 136 valence electrons. The number of benzene rings is 1. The molecule has 0 radical (unpaired) electrons. The van der Waals surface area contributed by atoms with Crippen molar-refractivity contribution in [2.24, 2.45) is 17.8 Å². The number of nitrogens with one attached hydrogen (secondary N) is 1. The van der Waals surface area contributed by atoms with Crippen molar-refractivity contribution in [2.45, 2.75) is 56.1 Å². The van der Waals surface area contributed by atoms with Crippen LogP contribution in [-0.2, 0) is 20.0 Å². The van der Waals surface area contributed by atoms with E-state index in [-0.39, 0.29) is 0 Å². The first-order chi connectivity index (χ1) is 11.7. The Morgan fingerprint density at radius 1 is 1.04 bits per heavy atom. The molecule has 0 saturated heterocycles. The molecule has 4 aliphatic carbocycles. The van der Waals surface area contributed by atoms with Crippen molar-refractivity contribution in [3.63, 3.8) is 0 Å². The fourth-order valence-electron chi connectivity index (χ4n) is 5.81. The summed E-state index contributed by atoms with van der Waals surface area (Å²) in [4.78, 5) is 12.1. The van der Waals surface area contributed by atoms with Crippen LogP contribution in [0.5, 0.6) is 0 Å². The van der Waals surface area contributed by atoms with E-state index in [1.807, 2.05) is 12.1 Å². The lowest BCUT2D eigenvalue weighted by Crippen LogP contribution is -2.48. The van der Waals surface area contributed by atoms with Crippen molar-refractivity contribution >= 4 is 21.4 Å². The van der Waals surface area contributed by atoms with Crippen LogP contribution in [0.15, 0.2) is 24.3 Å². The average molecular weight is 362 g/mol. The number of rotatable bonds is 4. The summed E-state index contributed by atoms with van der Waals surface area (Å²) in [5.74, 6) is 2.24. The first-order valence-corrected chi connectivity index (χ1v) is 11.3. The van der Waals surface area contributed by atoms with E-state index in [9.17, 15) is 13.2 Å². The number of sulfone groups is 1. The average Bonchev–Trinajstić information content (AvgIpc) is 2.52. The summed E-state index contributed by atoms with van der Waals surface area (Å²) in [6, 6.07) is 8.16. The second kappa shape index (κ2) is 5.83. The molecule has 0 heterocycles. The third kappa shape index (κ3) is 3.12. The van der Waals surface area contributed by atoms with Gasteiger partial charge in [-0.2, -0.15) is 0 Å². The van der Waals surface area contributed by atoms with E-state index in [0.717, 1.165) is 24.0 Å². The van der Waals surface area contributed by atoms with Gasteiger partial charge in [-0.3, -0.25) is 4.79 Å². The maximum Gasteiger partial charge on any atom is 0.242 e. The van der Waals surface area contributed by atoms with Crippen LogP contribution in [0, 0.1) is 17.8 Å². The van der Waals surface area contributed by atoms with Crippen molar-refractivity contribution in [3.05, 3.63) is 29.8 Å². The number of hydrogen-bond donors (Lipinski definition) is 1. The molecule has 4 saturated carbocycles. The van der Waals surface area contributed by atoms with Crippen molar-refractivity contribution in [3.8, 4) is 0 Å². The van der Waals surface area contributed by atoms with E-state index in [1.165, 1.54) is 51.0 Å².